The van der Waals surface area contributed by atoms with Crippen LogP contribution in [0.15, 0.2) is 150 Å². The molecule has 0 bridgehead atoms. The number of aromatic nitrogens is 3. The fraction of sp³-hybridized carbons (Fsp3) is 0. The third-order valence-electron chi connectivity index (χ3n) is 11.2. The summed E-state index contributed by atoms with van der Waals surface area (Å²) in [6.45, 7) is 0. The van der Waals surface area contributed by atoms with Gasteiger partial charge in [0.1, 0.15) is 50.4 Å². The van der Waals surface area contributed by atoms with Crippen LogP contribution < -0.4 is 27.3 Å². The Morgan fingerprint density at radius 2 is 0.815 bits per heavy atom. The summed E-state index contributed by atoms with van der Waals surface area (Å²) in [7, 11) is 10.9. The maximum absolute atomic E-state index is 6.73. The lowest BCUT2D eigenvalue weighted by Gasteiger charge is -2.20. The Bertz CT molecular complexity index is 2830. The summed E-state index contributed by atoms with van der Waals surface area (Å²) in [5.41, 5.74) is 17.7. The van der Waals surface area contributed by atoms with Gasteiger partial charge in [-0.25, -0.2) is 15.0 Å². The molecule has 0 radical (unpaired) electrons. The zero-order valence-electron chi connectivity index (χ0n) is 31.1. The molecule has 9 aromatic rings. The van der Waals surface area contributed by atoms with Crippen molar-refractivity contribution in [3.63, 3.8) is 0 Å². The predicted octanol–water partition coefficient (Wildman–Crippen LogP) is 3.07. The Hall–Kier alpha value is -6.33. The van der Waals surface area contributed by atoms with E-state index in [9.17, 15) is 0 Å². The topological polar surface area (TPSA) is 51.8 Å². The van der Waals surface area contributed by atoms with Crippen molar-refractivity contribution in [2.75, 3.05) is 0 Å². The monoisotopic (exact) mass is 687 g/mol. The van der Waals surface area contributed by atoms with E-state index in [0.717, 1.165) is 49.8 Å². The first-order chi connectivity index (χ1) is 26.4. The molecule has 7 aromatic carbocycles. The van der Waals surface area contributed by atoms with Crippen LogP contribution >= 0.6 is 0 Å². The van der Waals surface area contributed by atoms with Crippen LogP contribution in [0, 0.1) is 0 Å². The van der Waals surface area contributed by atoms with E-state index in [1.165, 1.54) is 49.6 Å². The second-order valence-electron chi connectivity index (χ2n) is 14.2. The summed E-state index contributed by atoms with van der Waals surface area (Å²) in [5.74, 6) is 1.89. The predicted molar refractivity (Wildman–Crippen MR) is 241 cm³/mol. The molecule has 2 heterocycles. The highest BCUT2D eigenvalue weighted by molar-refractivity contribution is 6.68. The van der Waals surface area contributed by atoms with Crippen LogP contribution in [-0.4, -0.2) is 54.2 Å². The summed E-state index contributed by atoms with van der Waals surface area (Å²) in [6.07, 6.45) is 0. The van der Waals surface area contributed by atoms with Crippen molar-refractivity contribution in [3.8, 4) is 67.5 Å². The van der Waals surface area contributed by atoms with Gasteiger partial charge in [0.25, 0.3) is 0 Å². The van der Waals surface area contributed by atoms with Crippen molar-refractivity contribution in [2.24, 2.45) is 0 Å². The fourth-order valence-electron chi connectivity index (χ4n) is 7.75. The van der Waals surface area contributed by atoms with Crippen molar-refractivity contribution in [1.29, 1.82) is 0 Å². The number of rotatable bonds is 6. The summed E-state index contributed by atoms with van der Waals surface area (Å²) >= 11 is 0. The Morgan fingerprint density at radius 1 is 0.352 bits per heavy atom. The molecule has 9 rings (SSSR count). The molecule has 0 aliphatic rings. The molecule has 0 fully saturated rings. The molecule has 9 heteroatoms. The zero-order valence-corrected chi connectivity index (χ0v) is 31.1. The van der Waals surface area contributed by atoms with E-state index >= 15 is 0 Å². The van der Waals surface area contributed by atoms with E-state index in [0.29, 0.717) is 17.5 Å². The molecular formula is C45H34B5N3O. The first kappa shape index (κ1) is 33.5. The third kappa shape index (κ3) is 5.77. The average Bonchev–Trinajstić information content (AvgIpc) is 3.62. The van der Waals surface area contributed by atoms with Crippen LogP contribution in [0.1, 0.15) is 0 Å². The van der Waals surface area contributed by atoms with Crippen LogP contribution in [0.25, 0.3) is 89.5 Å². The van der Waals surface area contributed by atoms with Crippen molar-refractivity contribution in [2.45, 2.75) is 0 Å². The molecule has 0 aliphatic heterocycles. The van der Waals surface area contributed by atoms with Gasteiger partial charge in [0.05, 0.1) is 5.56 Å². The molecule has 0 saturated heterocycles. The van der Waals surface area contributed by atoms with Crippen molar-refractivity contribution in [3.05, 3.63) is 146 Å². The number of furan rings is 1. The number of benzene rings is 7. The van der Waals surface area contributed by atoms with E-state index in [4.69, 9.17) is 19.4 Å². The smallest absolute Gasteiger partial charge is 0.167 e. The largest absolute Gasteiger partial charge is 0.455 e. The van der Waals surface area contributed by atoms with E-state index in [1.807, 2.05) is 42.5 Å². The summed E-state index contributed by atoms with van der Waals surface area (Å²) in [6, 6.07) is 50.8. The molecule has 0 saturated carbocycles. The van der Waals surface area contributed by atoms with Gasteiger partial charge < -0.3 is 4.42 Å². The normalized spacial score (nSPS) is 11.3. The number of nitrogens with zero attached hydrogens (tertiary/aromatic N) is 3. The van der Waals surface area contributed by atoms with Gasteiger partial charge in [-0.3, -0.25) is 0 Å². The number of fused-ring (bicyclic) bond motifs is 3. The number of para-hydroxylation sites is 1. The lowest BCUT2D eigenvalue weighted by atomic mass is 9.60. The average molecular weight is 687 g/mol. The van der Waals surface area contributed by atoms with Gasteiger partial charge in [-0.15, -0.1) is 16.4 Å². The Kier molecular flexibility index (Phi) is 8.43. The highest BCUT2D eigenvalue weighted by atomic mass is 16.3. The minimum Gasteiger partial charge on any atom is -0.455 e. The minimum atomic E-state index is 0.586. The molecule has 0 atom stereocenters. The van der Waals surface area contributed by atoms with Crippen molar-refractivity contribution >= 4 is 88.5 Å². The zero-order chi connectivity index (χ0) is 36.9. The summed E-state index contributed by atoms with van der Waals surface area (Å²) < 4.78 is 6.73. The highest BCUT2D eigenvalue weighted by Gasteiger charge is 2.22. The van der Waals surface area contributed by atoms with Gasteiger partial charge in [-0.05, 0) is 45.5 Å². The van der Waals surface area contributed by atoms with Gasteiger partial charge in [0.15, 0.2) is 17.5 Å². The van der Waals surface area contributed by atoms with E-state index < -0.39 is 0 Å². The first-order valence-electron chi connectivity index (χ1n) is 18.5. The summed E-state index contributed by atoms with van der Waals surface area (Å²) in [4.78, 5) is 15.4. The molecule has 250 valence electrons. The van der Waals surface area contributed by atoms with Gasteiger partial charge in [0.2, 0.25) is 0 Å². The second kappa shape index (κ2) is 13.6. The lowest BCUT2D eigenvalue weighted by Crippen LogP contribution is -2.55. The number of hydrogen-bond donors (Lipinski definition) is 0. The molecule has 0 aliphatic carbocycles. The molecule has 0 N–H and O–H groups in total. The quantitative estimate of drug-likeness (QED) is 0.253. The van der Waals surface area contributed by atoms with Crippen LogP contribution in [0.2, 0.25) is 0 Å². The lowest BCUT2D eigenvalue weighted by molar-refractivity contribution is 0.669. The van der Waals surface area contributed by atoms with Gasteiger partial charge in [-0.2, -0.15) is 0 Å². The maximum Gasteiger partial charge on any atom is 0.167 e. The standard InChI is InChI=1S/C45H34B5N3O/c46-37-36(38(47)40(49)41(50)39(37)48)45-52-43(30-11-5-2-6-12-30)51-44(53-45)33-15-7-14-32-35-31(13-8-16-34(35)54-42(32)33)29-23-21-28(22-24-29)27-19-17-26(18-20-27)25-9-3-1-4-10-25/h1-24H,46-50H2. The minimum absolute atomic E-state index is 0.586. The number of hydrogen-bond acceptors (Lipinski definition) is 4. The van der Waals surface area contributed by atoms with E-state index in [2.05, 4.69) is 142 Å². The van der Waals surface area contributed by atoms with Gasteiger partial charge in [-0.1, -0.05) is 144 Å². The van der Waals surface area contributed by atoms with Crippen LogP contribution in [0.4, 0.5) is 0 Å². The maximum atomic E-state index is 6.73. The van der Waals surface area contributed by atoms with Gasteiger partial charge in [0, 0.05) is 21.9 Å². The molecule has 0 unspecified atom stereocenters. The Balaban J connectivity index is 1.16. The van der Waals surface area contributed by atoms with E-state index in [1.54, 1.807) is 0 Å². The highest BCUT2D eigenvalue weighted by Crippen LogP contribution is 2.40. The molecule has 54 heavy (non-hydrogen) atoms. The Morgan fingerprint density at radius 3 is 1.43 bits per heavy atom. The summed E-state index contributed by atoms with van der Waals surface area (Å²) in [5, 5.41) is 2.10. The fourth-order valence-corrected chi connectivity index (χ4v) is 7.75. The molecular weight excluding hydrogens is 653 g/mol. The van der Waals surface area contributed by atoms with Crippen LogP contribution in [0.3, 0.4) is 0 Å². The Labute approximate surface area is 319 Å². The SMILES string of the molecule is Bc1c(B)c(B)c(-c2nc(-c3ccccc3)nc(-c3cccc4c3oc3cccc(-c5ccc(-c6ccc(-c7ccccc7)cc6)cc5)c34)n2)c(B)c1B. The molecule has 2 aromatic heterocycles. The van der Waals surface area contributed by atoms with Crippen molar-refractivity contribution in [1.82, 2.24) is 15.0 Å². The second-order valence-corrected chi connectivity index (χ2v) is 14.2. The molecule has 0 amide bonds. The molecule has 4 nitrogen and oxygen atoms in total. The van der Waals surface area contributed by atoms with Crippen LogP contribution in [-0.2, 0) is 0 Å². The van der Waals surface area contributed by atoms with Crippen LogP contribution in [0.5, 0.6) is 0 Å². The van der Waals surface area contributed by atoms with Crippen molar-refractivity contribution < 1.29 is 4.42 Å². The molecule has 0 spiro atoms. The first-order valence-corrected chi connectivity index (χ1v) is 18.5. The van der Waals surface area contributed by atoms with Gasteiger partial charge >= 0.3 is 0 Å². The third-order valence-corrected chi connectivity index (χ3v) is 11.2. The van der Waals surface area contributed by atoms with E-state index in [-0.39, 0.29) is 0 Å².